The van der Waals surface area contributed by atoms with Gasteiger partial charge in [-0.05, 0) is 138 Å². The fourth-order valence-electron chi connectivity index (χ4n) is 7.74. The number of benzene rings is 7. The van der Waals surface area contributed by atoms with Crippen molar-refractivity contribution in [2.24, 2.45) is 0 Å². The van der Waals surface area contributed by atoms with Crippen LogP contribution in [0.3, 0.4) is 0 Å². The molecule has 1 aromatic heterocycles. The second-order valence-electron chi connectivity index (χ2n) is 14.4. The van der Waals surface area contributed by atoms with E-state index in [0.717, 1.165) is 79.6 Å². The van der Waals surface area contributed by atoms with Crippen LogP contribution in [0.25, 0.3) is 72.0 Å². The SMILES string of the molecule is Cc1cccc(-c2ccc(-c3ccccc3-n3c4ccc(-c5cc(C)cc(C(F)(F)F)c5)cc4c4cc(-c5cc(C)cc(C(F)(F)F)c5)ccc43)c(C)c2)c1. The number of aryl methyl sites for hydroxylation is 4. The Morgan fingerprint density at radius 3 is 1.40 bits per heavy atom. The van der Waals surface area contributed by atoms with E-state index in [2.05, 4.69) is 60.9 Å². The second-order valence-corrected chi connectivity index (χ2v) is 14.4. The average Bonchev–Trinajstić information content (AvgIpc) is 3.46. The topological polar surface area (TPSA) is 4.93 Å². The highest BCUT2D eigenvalue weighted by Crippen LogP contribution is 2.42. The highest BCUT2D eigenvalue weighted by Gasteiger charge is 2.32. The number of rotatable bonds is 5. The Balaban J connectivity index is 1.36. The Bertz CT molecular complexity index is 2660. The number of hydrogen-bond acceptors (Lipinski definition) is 0. The molecule has 0 saturated carbocycles. The van der Waals surface area contributed by atoms with Crippen LogP contribution in [-0.4, -0.2) is 4.57 Å². The lowest BCUT2D eigenvalue weighted by Gasteiger charge is -2.17. The largest absolute Gasteiger partial charge is 0.416 e. The summed E-state index contributed by atoms with van der Waals surface area (Å²) in [6, 6.07) is 42.1. The molecule has 0 N–H and O–H groups in total. The number of nitrogens with zero attached hydrogens (tertiary/aromatic N) is 1. The Hall–Kier alpha value is -6.08. The molecule has 7 heteroatoms. The Morgan fingerprint density at radius 2 is 0.873 bits per heavy atom. The summed E-state index contributed by atoms with van der Waals surface area (Å²) < 4.78 is 85.6. The quantitative estimate of drug-likeness (QED) is 0.155. The molecule has 1 nitrogen and oxygen atoms in total. The van der Waals surface area contributed by atoms with Crippen molar-refractivity contribution < 1.29 is 26.3 Å². The minimum absolute atomic E-state index is 0.421. The van der Waals surface area contributed by atoms with Crippen LogP contribution in [0.5, 0.6) is 0 Å². The summed E-state index contributed by atoms with van der Waals surface area (Å²) >= 11 is 0. The molecular weight excluding hydrogens is 705 g/mol. The van der Waals surface area contributed by atoms with Gasteiger partial charge in [0.15, 0.2) is 0 Å². The molecule has 0 saturated heterocycles. The van der Waals surface area contributed by atoms with Crippen LogP contribution >= 0.6 is 0 Å². The van der Waals surface area contributed by atoms with E-state index in [1.54, 1.807) is 26.0 Å². The number of fused-ring (bicyclic) bond motifs is 3. The van der Waals surface area contributed by atoms with Gasteiger partial charge in [0.1, 0.15) is 0 Å². The van der Waals surface area contributed by atoms with Gasteiger partial charge >= 0.3 is 12.4 Å². The van der Waals surface area contributed by atoms with Crippen LogP contribution in [0.15, 0.2) is 140 Å². The van der Waals surface area contributed by atoms with Crippen molar-refractivity contribution in [2.75, 3.05) is 0 Å². The fourth-order valence-corrected chi connectivity index (χ4v) is 7.74. The molecular formula is C48H35F6N. The maximum atomic E-state index is 13.9. The molecule has 0 radical (unpaired) electrons. The second kappa shape index (κ2) is 13.3. The molecule has 0 bridgehead atoms. The third kappa shape index (κ3) is 6.80. The fraction of sp³-hybridized carbons (Fsp3) is 0.125. The van der Waals surface area contributed by atoms with Crippen LogP contribution in [-0.2, 0) is 12.4 Å². The van der Waals surface area contributed by atoms with Gasteiger partial charge < -0.3 is 4.57 Å². The van der Waals surface area contributed by atoms with E-state index in [9.17, 15) is 26.3 Å². The van der Waals surface area contributed by atoms with Gasteiger partial charge in [0.25, 0.3) is 0 Å². The third-order valence-electron chi connectivity index (χ3n) is 10.3. The van der Waals surface area contributed by atoms with E-state index in [4.69, 9.17) is 0 Å². The summed E-state index contributed by atoms with van der Waals surface area (Å²) in [5, 5.41) is 1.52. The molecule has 274 valence electrons. The van der Waals surface area contributed by atoms with Gasteiger partial charge in [0.05, 0.1) is 27.8 Å². The zero-order chi connectivity index (χ0) is 38.8. The van der Waals surface area contributed by atoms with E-state index < -0.39 is 23.5 Å². The summed E-state index contributed by atoms with van der Waals surface area (Å²) in [4.78, 5) is 0. The number of alkyl halides is 6. The molecule has 0 atom stereocenters. The Labute approximate surface area is 315 Å². The summed E-state index contributed by atoms with van der Waals surface area (Å²) in [7, 11) is 0. The third-order valence-corrected chi connectivity index (χ3v) is 10.3. The molecule has 0 aliphatic heterocycles. The van der Waals surface area contributed by atoms with Crippen LogP contribution in [0, 0.1) is 27.7 Å². The number of halogens is 6. The minimum atomic E-state index is -4.51. The molecule has 0 aliphatic carbocycles. The van der Waals surface area contributed by atoms with Crippen molar-refractivity contribution >= 4 is 21.8 Å². The van der Waals surface area contributed by atoms with Gasteiger partial charge in [-0.1, -0.05) is 90.5 Å². The van der Waals surface area contributed by atoms with Crippen molar-refractivity contribution in [1.82, 2.24) is 4.57 Å². The molecule has 0 amide bonds. The molecule has 1 heterocycles. The van der Waals surface area contributed by atoms with Crippen LogP contribution in [0.1, 0.15) is 33.4 Å². The average molecular weight is 740 g/mol. The monoisotopic (exact) mass is 739 g/mol. The molecule has 0 unspecified atom stereocenters. The maximum absolute atomic E-state index is 13.9. The van der Waals surface area contributed by atoms with Crippen LogP contribution < -0.4 is 0 Å². The lowest BCUT2D eigenvalue weighted by atomic mass is 9.94. The molecule has 0 spiro atoms. The number of para-hydroxylation sites is 1. The van der Waals surface area contributed by atoms with Crippen molar-refractivity contribution in [1.29, 1.82) is 0 Å². The van der Waals surface area contributed by atoms with Gasteiger partial charge in [0, 0.05) is 16.3 Å². The first-order valence-electron chi connectivity index (χ1n) is 17.9. The van der Waals surface area contributed by atoms with Gasteiger partial charge in [0.2, 0.25) is 0 Å². The first kappa shape index (κ1) is 35.9. The molecule has 0 fully saturated rings. The standard InChI is InChI=1S/C48H35F6N/c1-28-8-7-9-32(18-28)33-12-15-40(31(4)23-33)41-10-5-6-11-44(41)55-45-16-13-34(36-19-29(2)21-38(24-36)47(49,50)51)26-42(45)43-27-35(14-17-46(43)55)37-20-30(3)22-39(25-37)48(52,53)54/h5-27H,1-4H3. The van der Waals surface area contributed by atoms with Crippen molar-refractivity contribution in [3.8, 4) is 50.2 Å². The highest BCUT2D eigenvalue weighted by atomic mass is 19.4. The molecule has 8 aromatic rings. The van der Waals surface area contributed by atoms with Crippen LogP contribution in [0.4, 0.5) is 26.3 Å². The normalized spacial score (nSPS) is 12.2. The van der Waals surface area contributed by atoms with E-state index >= 15 is 0 Å². The van der Waals surface area contributed by atoms with Crippen LogP contribution in [0.2, 0.25) is 0 Å². The first-order valence-corrected chi connectivity index (χ1v) is 17.9. The van der Waals surface area contributed by atoms with Crippen molar-refractivity contribution in [3.63, 3.8) is 0 Å². The van der Waals surface area contributed by atoms with Gasteiger partial charge in [-0.15, -0.1) is 0 Å². The highest BCUT2D eigenvalue weighted by molar-refractivity contribution is 6.12. The van der Waals surface area contributed by atoms with Gasteiger partial charge in [-0.25, -0.2) is 0 Å². The zero-order valence-corrected chi connectivity index (χ0v) is 30.5. The smallest absolute Gasteiger partial charge is 0.309 e. The Morgan fingerprint density at radius 1 is 0.382 bits per heavy atom. The predicted octanol–water partition coefficient (Wildman–Crippen LogP) is 14.7. The molecule has 7 aromatic carbocycles. The minimum Gasteiger partial charge on any atom is -0.309 e. The zero-order valence-electron chi connectivity index (χ0n) is 30.5. The Kier molecular flexibility index (Phi) is 8.71. The van der Waals surface area contributed by atoms with E-state index in [-0.39, 0.29) is 0 Å². The molecule has 8 rings (SSSR count). The van der Waals surface area contributed by atoms with E-state index in [0.29, 0.717) is 33.4 Å². The summed E-state index contributed by atoms with van der Waals surface area (Å²) in [5.74, 6) is 0. The maximum Gasteiger partial charge on any atom is 0.416 e. The molecule has 55 heavy (non-hydrogen) atoms. The lowest BCUT2D eigenvalue weighted by Crippen LogP contribution is -2.05. The number of hydrogen-bond donors (Lipinski definition) is 0. The lowest BCUT2D eigenvalue weighted by molar-refractivity contribution is -0.138. The summed E-state index contributed by atoms with van der Waals surface area (Å²) in [5.41, 5.74) is 10.5. The summed E-state index contributed by atoms with van der Waals surface area (Å²) in [6.07, 6.45) is -9.03. The van der Waals surface area contributed by atoms with Crippen molar-refractivity contribution in [3.05, 3.63) is 173 Å². The van der Waals surface area contributed by atoms with Crippen molar-refractivity contribution in [2.45, 2.75) is 40.0 Å². The van der Waals surface area contributed by atoms with Gasteiger partial charge in [-0.3, -0.25) is 0 Å². The predicted molar refractivity (Wildman–Crippen MR) is 211 cm³/mol. The first-order chi connectivity index (χ1) is 26.1. The van der Waals surface area contributed by atoms with E-state index in [1.807, 2.05) is 60.7 Å². The van der Waals surface area contributed by atoms with E-state index in [1.165, 1.54) is 5.56 Å². The van der Waals surface area contributed by atoms with Gasteiger partial charge in [-0.2, -0.15) is 26.3 Å². The molecule has 0 aliphatic rings. The summed E-state index contributed by atoms with van der Waals surface area (Å²) in [6.45, 7) is 7.43. The number of aromatic nitrogens is 1.